The Labute approximate surface area is 195 Å². The van der Waals surface area contributed by atoms with Crippen LogP contribution in [0.15, 0.2) is 29.3 Å². The number of nitriles is 1. The number of nitrogens with zero attached hydrogens (tertiary/aromatic N) is 3. The van der Waals surface area contributed by atoms with Crippen LogP contribution in [0, 0.1) is 24.1 Å². The van der Waals surface area contributed by atoms with Gasteiger partial charge in [-0.2, -0.15) is 5.26 Å². The number of thioether (sulfide) groups is 1. The molecular formula is C25H33FN4OS. The number of hydrogen-bond acceptors (Lipinski definition) is 6. The van der Waals surface area contributed by atoms with Crippen LogP contribution in [0.1, 0.15) is 49.9 Å². The number of halogens is 1. The zero-order valence-electron chi connectivity index (χ0n) is 19.6. The highest BCUT2D eigenvalue weighted by Gasteiger charge is 2.27. The van der Waals surface area contributed by atoms with E-state index in [4.69, 9.17) is 9.72 Å². The predicted octanol–water partition coefficient (Wildman–Crippen LogP) is 4.85. The van der Waals surface area contributed by atoms with E-state index in [1.54, 1.807) is 23.9 Å². The molecule has 1 aliphatic heterocycles. The molecule has 1 fully saturated rings. The van der Waals surface area contributed by atoms with Crippen LogP contribution in [0.5, 0.6) is 0 Å². The third-order valence-electron chi connectivity index (χ3n) is 5.59. The molecule has 0 bridgehead atoms. The van der Waals surface area contributed by atoms with E-state index in [1.165, 1.54) is 12.1 Å². The monoisotopic (exact) mass is 456 g/mol. The van der Waals surface area contributed by atoms with Gasteiger partial charge >= 0.3 is 0 Å². The molecule has 172 valence electrons. The van der Waals surface area contributed by atoms with Crippen molar-refractivity contribution in [3.8, 4) is 6.07 Å². The minimum absolute atomic E-state index is 0.0958. The molecule has 0 aliphatic carbocycles. The summed E-state index contributed by atoms with van der Waals surface area (Å²) in [5.41, 5.74) is 3.64. The van der Waals surface area contributed by atoms with Crippen molar-refractivity contribution in [3.05, 3.63) is 52.3 Å². The second-order valence-corrected chi connectivity index (χ2v) is 9.87. The number of anilines is 1. The Kier molecular flexibility index (Phi) is 8.52. The highest BCUT2D eigenvalue weighted by atomic mass is 32.2. The number of ether oxygens (including phenoxy) is 1. The second-order valence-electron chi connectivity index (χ2n) is 8.79. The molecule has 0 amide bonds. The molecule has 0 saturated carbocycles. The summed E-state index contributed by atoms with van der Waals surface area (Å²) in [7, 11) is 0. The van der Waals surface area contributed by atoms with Gasteiger partial charge in [-0.15, -0.1) is 11.8 Å². The zero-order valence-corrected chi connectivity index (χ0v) is 20.4. The lowest BCUT2D eigenvalue weighted by atomic mass is 10.0. The number of nitrogens with one attached hydrogen (secondary N) is 1. The summed E-state index contributed by atoms with van der Waals surface area (Å²) in [6.07, 6.45) is 0.879. The van der Waals surface area contributed by atoms with Crippen LogP contribution in [0.4, 0.5) is 10.2 Å². The number of aryl methyl sites for hydroxylation is 1. The third kappa shape index (κ3) is 6.22. The largest absolute Gasteiger partial charge is 0.374 e. The van der Waals surface area contributed by atoms with E-state index >= 15 is 0 Å². The first-order valence-corrected chi connectivity index (χ1v) is 12.2. The van der Waals surface area contributed by atoms with Crippen LogP contribution in [0.2, 0.25) is 0 Å². The first-order chi connectivity index (χ1) is 15.3. The Bertz CT molecular complexity index is 948. The molecule has 3 rings (SSSR count). The summed E-state index contributed by atoms with van der Waals surface area (Å²) in [5.74, 6) is 1.46. The number of piperazine rings is 1. The quantitative estimate of drug-likeness (QED) is 0.573. The molecule has 0 radical (unpaired) electrons. The van der Waals surface area contributed by atoms with Gasteiger partial charge in [-0.3, -0.25) is 0 Å². The van der Waals surface area contributed by atoms with Crippen molar-refractivity contribution in [1.82, 2.24) is 10.3 Å². The lowest BCUT2D eigenvalue weighted by Crippen LogP contribution is -2.54. The topological polar surface area (TPSA) is 61.2 Å². The van der Waals surface area contributed by atoms with Crippen molar-refractivity contribution < 1.29 is 9.13 Å². The Morgan fingerprint density at radius 1 is 1.25 bits per heavy atom. The van der Waals surface area contributed by atoms with Gasteiger partial charge in [0.15, 0.2) is 0 Å². The van der Waals surface area contributed by atoms with Crippen molar-refractivity contribution in [3.63, 3.8) is 0 Å². The molecule has 2 unspecified atom stereocenters. The molecule has 1 saturated heterocycles. The minimum Gasteiger partial charge on any atom is -0.374 e. The Balaban J connectivity index is 1.90. The van der Waals surface area contributed by atoms with E-state index in [0.29, 0.717) is 24.3 Å². The Morgan fingerprint density at radius 2 is 1.91 bits per heavy atom. The fourth-order valence-corrected chi connectivity index (χ4v) is 5.06. The lowest BCUT2D eigenvalue weighted by Gasteiger charge is -2.38. The SMILES string of the molecule is Cc1c(C#N)c(SCCc2ccc(F)cc2)nc(N2CC(C)NC(C)C2)c1COC(C)C. The van der Waals surface area contributed by atoms with E-state index in [2.05, 4.69) is 30.1 Å². The average molecular weight is 457 g/mol. The average Bonchev–Trinajstić information content (AvgIpc) is 2.73. The predicted molar refractivity (Wildman–Crippen MR) is 129 cm³/mol. The maximum atomic E-state index is 13.2. The van der Waals surface area contributed by atoms with Crippen molar-refractivity contribution >= 4 is 17.6 Å². The maximum Gasteiger partial charge on any atom is 0.135 e. The Hall–Kier alpha value is -2.14. The van der Waals surface area contributed by atoms with Crippen molar-refractivity contribution in [2.24, 2.45) is 0 Å². The maximum absolute atomic E-state index is 13.2. The normalized spacial score (nSPS) is 18.8. The third-order valence-corrected chi connectivity index (χ3v) is 6.57. The first kappa shape index (κ1) is 24.5. The van der Waals surface area contributed by atoms with Crippen LogP contribution in [-0.4, -0.2) is 42.0 Å². The van der Waals surface area contributed by atoms with Gasteiger partial charge in [-0.1, -0.05) is 12.1 Å². The Morgan fingerprint density at radius 3 is 2.50 bits per heavy atom. The molecule has 7 heteroatoms. The van der Waals surface area contributed by atoms with Gasteiger partial charge in [-0.25, -0.2) is 9.37 Å². The van der Waals surface area contributed by atoms with Crippen LogP contribution in [0.25, 0.3) is 0 Å². The van der Waals surface area contributed by atoms with Crippen LogP contribution < -0.4 is 10.2 Å². The molecule has 1 aliphatic rings. The molecular weight excluding hydrogens is 423 g/mol. The van der Waals surface area contributed by atoms with Gasteiger partial charge in [0.05, 0.1) is 18.3 Å². The molecule has 2 atom stereocenters. The zero-order chi connectivity index (χ0) is 23.3. The van der Waals surface area contributed by atoms with Gasteiger partial charge in [0.2, 0.25) is 0 Å². The number of benzene rings is 1. The molecule has 1 aromatic carbocycles. The summed E-state index contributed by atoms with van der Waals surface area (Å²) in [5, 5.41) is 14.3. The van der Waals surface area contributed by atoms with Gasteiger partial charge in [0.25, 0.3) is 0 Å². The van der Waals surface area contributed by atoms with E-state index in [9.17, 15) is 9.65 Å². The highest BCUT2D eigenvalue weighted by Crippen LogP contribution is 2.33. The van der Waals surface area contributed by atoms with E-state index in [-0.39, 0.29) is 11.9 Å². The number of aromatic nitrogens is 1. The molecule has 1 aromatic heterocycles. The van der Waals surface area contributed by atoms with Crippen LogP contribution in [-0.2, 0) is 17.8 Å². The molecule has 2 aromatic rings. The first-order valence-electron chi connectivity index (χ1n) is 11.2. The molecule has 1 N–H and O–H groups in total. The van der Waals surface area contributed by atoms with Gasteiger partial charge in [0.1, 0.15) is 22.7 Å². The highest BCUT2D eigenvalue weighted by molar-refractivity contribution is 7.99. The molecule has 32 heavy (non-hydrogen) atoms. The summed E-state index contributed by atoms with van der Waals surface area (Å²) < 4.78 is 19.1. The molecule has 2 heterocycles. The fraction of sp³-hybridized carbons (Fsp3) is 0.520. The minimum atomic E-state index is -0.228. The van der Waals surface area contributed by atoms with E-state index < -0.39 is 0 Å². The van der Waals surface area contributed by atoms with Crippen molar-refractivity contribution in [1.29, 1.82) is 5.26 Å². The van der Waals surface area contributed by atoms with Gasteiger partial charge in [0, 0.05) is 36.5 Å². The fourth-order valence-electron chi connectivity index (χ4n) is 4.04. The van der Waals surface area contributed by atoms with E-state index in [1.807, 2.05) is 20.8 Å². The molecule has 0 spiro atoms. The summed E-state index contributed by atoms with van der Waals surface area (Å²) in [4.78, 5) is 7.34. The lowest BCUT2D eigenvalue weighted by molar-refractivity contribution is 0.0653. The van der Waals surface area contributed by atoms with Crippen molar-refractivity contribution in [2.45, 2.75) is 70.9 Å². The van der Waals surface area contributed by atoms with Crippen molar-refractivity contribution in [2.75, 3.05) is 23.7 Å². The second kappa shape index (κ2) is 11.1. The number of rotatable bonds is 8. The molecule has 5 nitrogen and oxygen atoms in total. The van der Waals surface area contributed by atoms with E-state index in [0.717, 1.165) is 52.8 Å². The summed E-state index contributed by atoms with van der Waals surface area (Å²) in [6, 6.07) is 9.66. The summed E-state index contributed by atoms with van der Waals surface area (Å²) >= 11 is 1.59. The van der Waals surface area contributed by atoms with Gasteiger partial charge < -0.3 is 15.0 Å². The standard InChI is InChI=1S/C25H33FN4OS/c1-16(2)31-15-23-19(5)22(12-27)25(32-11-10-20-6-8-21(26)9-7-20)29-24(23)30-13-17(3)28-18(4)14-30/h6-9,16-18,28H,10-11,13-15H2,1-5H3. The smallest absolute Gasteiger partial charge is 0.135 e. The number of hydrogen-bond donors (Lipinski definition) is 1. The van der Waals surface area contributed by atoms with Gasteiger partial charge in [-0.05, 0) is 64.3 Å². The summed E-state index contributed by atoms with van der Waals surface area (Å²) in [6.45, 7) is 12.6. The van der Waals surface area contributed by atoms with Crippen LogP contribution >= 0.6 is 11.8 Å². The number of pyridine rings is 1. The van der Waals surface area contributed by atoms with Crippen LogP contribution in [0.3, 0.4) is 0 Å².